The fourth-order valence-electron chi connectivity index (χ4n) is 1.99. The maximum Gasteiger partial charge on any atom is 0.123 e. The Labute approximate surface area is 69.2 Å². The first kappa shape index (κ1) is 8.76. The summed E-state index contributed by atoms with van der Waals surface area (Å²) in [6.07, 6.45) is 8.83. The number of hydrogen-bond acceptors (Lipinski definition) is 1. The van der Waals surface area contributed by atoms with Crippen LogP contribution in [0, 0.1) is 11.8 Å². The highest BCUT2D eigenvalue weighted by atomic mass is 16.1. The van der Waals surface area contributed by atoms with E-state index in [1.165, 1.54) is 25.7 Å². The van der Waals surface area contributed by atoms with Gasteiger partial charge in [0.1, 0.15) is 6.29 Å². The Morgan fingerprint density at radius 2 is 2.09 bits per heavy atom. The molecule has 11 heavy (non-hydrogen) atoms. The van der Waals surface area contributed by atoms with Gasteiger partial charge in [0, 0.05) is 5.92 Å². The summed E-state index contributed by atoms with van der Waals surface area (Å²) in [6, 6.07) is 0. The van der Waals surface area contributed by atoms with Gasteiger partial charge in [-0.3, -0.25) is 0 Å². The SMILES string of the molecule is CCC(C=O)CC1CCCC1. The minimum Gasteiger partial charge on any atom is -0.303 e. The van der Waals surface area contributed by atoms with Crippen molar-refractivity contribution in [2.45, 2.75) is 45.4 Å². The zero-order valence-corrected chi connectivity index (χ0v) is 7.38. The smallest absolute Gasteiger partial charge is 0.123 e. The van der Waals surface area contributed by atoms with Crippen LogP contribution >= 0.6 is 0 Å². The van der Waals surface area contributed by atoms with Gasteiger partial charge in [-0.05, 0) is 18.8 Å². The first-order chi connectivity index (χ1) is 5.36. The van der Waals surface area contributed by atoms with Gasteiger partial charge in [0.05, 0.1) is 0 Å². The van der Waals surface area contributed by atoms with E-state index in [-0.39, 0.29) is 0 Å². The summed E-state index contributed by atoms with van der Waals surface area (Å²) < 4.78 is 0. The second kappa shape index (κ2) is 4.53. The van der Waals surface area contributed by atoms with Crippen molar-refractivity contribution in [3.63, 3.8) is 0 Å². The van der Waals surface area contributed by atoms with Crippen molar-refractivity contribution in [3.8, 4) is 0 Å². The summed E-state index contributed by atoms with van der Waals surface area (Å²) in [6.45, 7) is 2.11. The van der Waals surface area contributed by atoms with E-state index in [0.29, 0.717) is 5.92 Å². The normalized spacial score (nSPS) is 21.9. The second-order valence-corrected chi connectivity index (χ2v) is 3.69. The molecule has 0 aromatic heterocycles. The molecule has 64 valence electrons. The second-order valence-electron chi connectivity index (χ2n) is 3.69. The van der Waals surface area contributed by atoms with Gasteiger partial charge in [0.2, 0.25) is 0 Å². The van der Waals surface area contributed by atoms with Crippen molar-refractivity contribution in [1.82, 2.24) is 0 Å². The average molecular weight is 154 g/mol. The third-order valence-electron chi connectivity index (χ3n) is 2.83. The van der Waals surface area contributed by atoms with Crippen LogP contribution in [-0.2, 0) is 4.79 Å². The quantitative estimate of drug-likeness (QED) is 0.569. The van der Waals surface area contributed by atoms with Crippen molar-refractivity contribution >= 4 is 6.29 Å². The molecule has 1 aliphatic carbocycles. The van der Waals surface area contributed by atoms with Crippen LogP contribution < -0.4 is 0 Å². The van der Waals surface area contributed by atoms with E-state index in [0.717, 1.165) is 25.0 Å². The molecule has 0 radical (unpaired) electrons. The number of carbonyl (C=O) groups is 1. The molecule has 1 nitrogen and oxygen atoms in total. The molecule has 0 aliphatic heterocycles. The van der Waals surface area contributed by atoms with Crippen LogP contribution in [0.15, 0.2) is 0 Å². The Bertz CT molecular complexity index is 114. The highest BCUT2D eigenvalue weighted by Gasteiger charge is 2.18. The Hall–Kier alpha value is -0.330. The molecule has 1 atom stereocenters. The van der Waals surface area contributed by atoms with Gasteiger partial charge in [-0.25, -0.2) is 0 Å². The summed E-state index contributed by atoms with van der Waals surface area (Å²) in [4.78, 5) is 10.5. The molecule has 0 amide bonds. The standard InChI is InChI=1S/C10H18O/c1-2-9(8-11)7-10-5-3-4-6-10/h8-10H,2-7H2,1H3. The van der Waals surface area contributed by atoms with Crippen LogP contribution in [0.2, 0.25) is 0 Å². The van der Waals surface area contributed by atoms with Gasteiger partial charge < -0.3 is 4.79 Å². The van der Waals surface area contributed by atoms with Crippen molar-refractivity contribution < 1.29 is 4.79 Å². The van der Waals surface area contributed by atoms with E-state index in [9.17, 15) is 4.79 Å². The molecule has 0 spiro atoms. The third-order valence-corrected chi connectivity index (χ3v) is 2.83. The summed E-state index contributed by atoms with van der Waals surface area (Å²) in [7, 11) is 0. The molecular formula is C10H18O. The van der Waals surface area contributed by atoms with Gasteiger partial charge in [0.15, 0.2) is 0 Å². The van der Waals surface area contributed by atoms with E-state index in [1.54, 1.807) is 0 Å². The van der Waals surface area contributed by atoms with Gasteiger partial charge in [-0.1, -0.05) is 32.6 Å². The van der Waals surface area contributed by atoms with Gasteiger partial charge in [0.25, 0.3) is 0 Å². The number of hydrogen-bond donors (Lipinski definition) is 0. The molecule has 0 bridgehead atoms. The summed E-state index contributed by atoms with van der Waals surface area (Å²) >= 11 is 0. The topological polar surface area (TPSA) is 17.1 Å². The first-order valence-electron chi connectivity index (χ1n) is 4.82. The monoisotopic (exact) mass is 154 g/mol. The van der Waals surface area contributed by atoms with Crippen LogP contribution in [-0.4, -0.2) is 6.29 Å². The summed E-state index contributed by atoms with van der Waals surface area (Å²) in [5.74, 6) is 1.21. The van der Waals surface area contributed by atoms with E-state index in [4.69, 9.17) is 0 Å². The van der Waals surface area contributed by atoms with Gasteiger partial charge >= 0.3 is 0 Å². The summed E-state index contributed by atoms with van der Waals surface area (Å²) in [5.41, 5.74) is 0. The molecule has 1 heteroatoms. The molecule has 0 aromatic rings. The van der Waals surface area contributed by atoms with Crippen LogP contribution in [0.5, 0.6) is 0 Å². The molecule has 1 fully saturated rings. The van der Waals surface area contributed by atoms with E-state index < -0.39 is 0 Å². The Balaban J connectivity index is 2.21. The number of rotatable bonds is 4. The van der Waals surface area contributed by atoms with Crippen molar-refractivity contribution in [2.24, 2.45) is 11.8 Å². The van der Waals surface area contributed by atoms with Crippen molar-refractivity contribution in [1.29, 1.82) is 0 Å². The molecule has 1 aliphatic rings. The van der Waals surface area contributed by atoms with Crippen LogP contribution in [0.4, 0.5) is 0 Å². The average Bonchev–Trinajstić information content (AvgIpc) is 2.52. The molecular weight excluding hydrogens is 136 g/mol. The fraction of sp³-hybridized carbons (Fsp3) is 0.900. The first-order valence-corrected chi connectivity index (χ1v) is 4.82. The predicted octanol–water partition coefficient (Wildman–Crippen LogP) is 2.79. The maximum atomic E-state index is 10.5. The molecule has 0 saturated heterocycles. The van der Waals surface area contributed by atoms with E-state index in [2.05, 4.69) is 6.92 Å². The van der Waals surface area contributed by atoms with E-state index >= 15 is 0 Å². The minimum atomic E-state index is 0.345. The van der Waals surface area contributed by atoms with Crippen LogP contribution in [0.3, 0.4) is 0 Å². The summed E-state index contributed by atoms with van der Waals surface area (Å²) in [5, 5.41) is 0. The molecule has 1 saturated carbocycles. The predicted molar refractivity (Wildman–Crippen MR) is 46.4 cm³/mol. The lowest BCUT2D eigenvalue weighted by Gasteiger charge is -2.12. The maximum absolute atomic E-state index is 10.5. The molecule has 0 heterocycles. The largest absolute Gasteiger partial charge is 0.303 e. The molecule has 1 unspecified atom stereocenters. The third kappa shape index (κ3) is 2.64. The lowest BCUT2D eigenvalue weighted by atomic mass is 9.93. The van der Waals surface area contributed by atoms with Crippen molar-refractivity contribution in [2.75, 3.05) is 0 Å². The van der Waals surface area contributed by atoms with Gasteiger partial charge in [-0.2, -0.15) is 0 Å². The van der Waals surface area contributed by atoms with E-state index in [1.807, 2.05) is 0 Å². The Kier molecular flexibility index (Phi) is 3.61. The number of carbonyl (C=O) groups excluding carboxylic acids is 1. The van der Waals surface area contributed by atoms with Crippen LogP contribution in [0.1, 0.15) is 45.4 Å². The van der Waals surface area contributed by atoms with Gasteiger partial charge in [-0.15, -0.1) is 0 Å². The molecule has 0 aromatic carbocycles. The lowest BCUT2D eigenvalue weighted by Crippen LogP contribution is -2.06. The Morgan fingerprint density at radius 1 is 1.45 bits per heavy atom. The molecule has 0 N–H and O–H groups in total. The highest BCUT2D eigenvalue weighted by Crippen LogP contribution is 2.30. The zero-order valence-electron chi connectivity index (χ0n) is 7.38. The number of aldehydes is 1. The minimum absolute atomic E-state index is 0.345. The Morgan fingerprint density at radius 3 is 2.55 bits per heavy atom. The lowest BCUT2D eigenvalue weighted by molar-refractivity contribution is -0.111. The fourth-order valence-corrected chi connectivity index (χ4v) is 1.99. The van der Waals surface area contributed by atoms with Crippen molar-refractivity contribution in [3.05, 3.63) is 0 Å². The van der Waals surface area contributed by atoms with Crippen LogP contribution in [0.25, 0.3) is 0 Å². The zero-order chi connectivity index (χ0) is 8.10. The highest BCUT2D eigenvalue weighted by molar-refractivity contribution is 5.53. The molecule has 1 rings (SSSR count).